The number of isothiocyanates is 1. The molecule has 0 aliphatic rings. The third-order valence-corrected chi connectivity index (χ3v) is 3.94. The Labute approximate surface area is 177 Å². The molecule has 1 atom stereocenters. The summed E-state index contributed by atoms with van der Waals surface area (Å²) in [5.74, 6) is -2.02. The topological polar surface area (TPSA) is 114 Å². The zero-order chi connectivity index (χ0) is 23.4. The first kappa shape index (κ1) is 23.9. The molecule has 2 N–H and O–H groups in total. The highest BCUT2D eigenvalue weighted by molar-refractivity contribution is 7.78. The first-order valence-electron chi connectivity index (χ1n) is 8.25. The van der Waals surface area contributed by atoms with Crippen molar-refractivity contribution < 1.29 is 37.1 Å². The molecule has 0 radical (unpaired) electrons. The van der Waals surface area contributed by atoms with Gasteiger partial charge >= 0.3 is 6.18 Å². The highest BCUT2D eigenvalue weighted by atomic mass is 32.1. The number of amides is 1. The van der Waals surface area contributed by atoms with Gasteiger partial charge in [-0.15, -0.1) is 0 Å². The summed E-state index contributed by atoms with van der Waals surface area (Å²) in [6.07, 6.45) is -5.04. The average Bonchev–Trinajstić information content (AvgIpc) is 2.67. The lowest BCUT2D eigenvalue weighted by Crippen LogP contribution is -2.45. The van der Waals surface area contributed by atoms with E-state index in [9.17, 15) is 37.6 Å². The number of thiocarbonyl (C=S) groups is 1. The Balaban J connectivity index is 2.14. The third-order valence-electron chi connectivity index (χ3n) is 3.85. The summed E-state index contributed by atoms with van der Waals surface area (Å²) in [5.41, 5.74) is -5.55. The Morgan fingerprint density at radius 3 is 2.55 bits per heavy atom. The minimum Gasteiger partial charge on any atom is -0.490 e. The molecule has 0 aromatic heterocycles. The number of carbonyl (C=O) groups excluding carboxylic acids is 1. The second kappa shape index (κ2) is 9.16. The van der Waals surface area contributed by atoms with E-state index in [4.69, 9.17) is 4.74 Å². The molecular weight excluding hydrogens is 446 g/mol. The van der Waals surface area contributed by atoms with Crippen LogP contribution in [0.2, 0.25) is 0 Å². The maximum Gasteiger partial charge on any atom is 0.423 e. The number of rotatable bonds is 7. The van der Waals surface area contributed by atoms with Crippen molar-refractivity contribution in [2.45, 2.75) is 18.7 Å². The van der Waals surface area contributed by atoms with Gasteiger partial charge in [0.25, 0.3) is 11.6 Å². The number of nitrogens with one attached hydrogen (secondary N) is 1. The van der Waals surface area contributed by atoms with Gasteiger partial charge in [0.15, 0.2) is 11.4 Å². The monoisotopic (exact) mass is 459 g/mol. The van der Waals surface area contributed by atoms with Crippen LogP contribution in [0.1, 0.15) is 12.5 Å². The fourth-order valence-corrected chi connectivity index (χ4v) is 2.37. The van der Waals surface area contributed by atoms with Crippen molar-refractivity contribution in [3.8, 4) is 5.75 Å². The number of alkyl halides is 3. The smallest absolute Gasteiger partial charge is 0.423 e. The number of halogens is 4. The van der Waals surface area contributed by atoms with Crippen LogP contribution in [0.5, 0.6) is 5.75 Å². The van der Waals surface area contributed by atoms with Crippen LogP contribution in [-0.4, -0.2) is 33.3 Å². The number of anilines is 1. The Kier molecular flexibility index (Phi) is 7.05. The fraction of sp³-hybridized carbons (Fsp3) is 0.222. The normalized spacial score (nSPS) is 13.0. The second-order valence-corrected chi connectivity index (χ2v) is 6.50. The standard InChI is InChI=1S/C18H13F4N3O5S/c1-17(27,8-30-11-3-4-14(23-9-31)13(19)7-11)16(26)24-10-2-5-15(25(28)29)12(6-10)18(20,21)22/h2-7,27H,8H2,1H3,(H,24,26)/t17-/m0/s1. The quantitative estimate of drug-likeness (QED) is 0.210. The number of nitrogens with zero attached hydrogens (tertiary/aromatic N) is 2. The average molecular weight is 459 g/mol. The Morgan fingerprint density at radius 1 is 1.32 bits per heavy atom. The van der Waals surface area contributed by atoms with Crippen molar-refractivity contribution in [2.24, 2.45) is 4.99 Å². The maximum absolute atomic E-state index is 13.8. The molecule has 0 spiro atoms. The lowest BCUT2D eigenvalue weighted by Gasteiger charge is -2.23. The summed E-state index contributed by atoms with van der Waals surface area (Å²) in [4.78, 5) is 25.3. The van der Waals surface area contributed by atoms with Crippen LogP contribution in [0, 0.1) is 15.9 Å². The first-order chi connectivity index (χ1) is 14.3. The molecule has 8 nitrogen and oxygen atoms in total. The van der Waals surface area contributed by atoms with E-state index in [1.807, 2.05) is 10.5 Å². The fourth-order valence-electron chi connectivity index (χ4n) is 2.27. The summed E-state index contributed by atoms with van der Waals surface area (Å²) in [5, 5.41) is 25.1. The number of ether oxygens (including phenoxy) is 1. The molecule has 0 saturated carbocycles. The molecule has 2 rings (SSSR count). The van der Waals surface area contributed by atoms with Gasteiger partial charge in [-0.3, -0.25) is 14.9 Å². The highest BCUT2D eigenvalue weighted by Gasteiger charge is 2.39. The molecule has 13 heteroatoms. The van der Waals surface area contributed by atoms with Gasteiger partial charge in [-0.25, -0.2) is 4.39 Å². The zero-order valence-electron chi connectivity index (χ0n) is 15.6. The van der Waals surface area contributed by atoms with E-state index in [2.05, 4.69) is 17.2 Å². The van der Waals surface area contributed by atoms with Crippen LogP contribution in [0.4, 0.5) is 34.6 Å². The minimum atomic E-state index is -5.04. The van der Waals surface area contributed by atoms with E-state index in [0.717, 1.165) is 19.1 Å². The molecule has 0 saturated heterocycles. The van der Waals surface area contributed by atoms with Crippen LogP contribution in [0.3, 0.4) is 0 Å². The van der Waals surface area contributed by atoms with Crippen molar-refractivity contribution in [3.63, 3.8) is 0 Å². The van der Waals surface area contributed by atoms with E-state index < -0.39 is 52.0 Å². The molecule has 1 amide bonds. The lowest BCUT2D eigenvalue weighted by molar-refractivity contribution is -0.388. The molecule has 31 heavy (non-hydrogen) atoms. The molecule has 0 aliphatic carbocycles. The van der Waals surface area contributed by atoms with Crippen molar-refractivity contribution >= 4 is 40.3 Å². The molecule has 0 aliphatic heterocycles. The molecule has 0 unspecified atom stereocenters. The summed E-state index contributed by atoms with van der Waals surface area (Å²) < 4.78 is 58.1. The number of aliphatic hydroxyl groups is 1. The summed E-state index contributed by atoms with van der Waals surface area (Å²) in [6, 6.07) is 5.26. The van der Waals surface area contributed by atoms with Gasteiger partial charge in [0.1, 0.15) is 23.6 Å². The van der Waals surface area contributed by atoms with Crippen molar-refractivity contribution in [3.05, 3.63) is 57.9 Å². The SMILES string of the molecule is C[C@](O)(COc1ccc(N=C=S)c(F)c1)C(=O)Nc1ccc([N+](=O)[O-])c(C(F)(F)F)c1. The molecule has 2 aromatic rings. The number of benzene rings is 2. The molecule has 2 aromatic carbocycles. The summed E-state index contributed by atoms with van der Waals surface area (Å²) in [7, 11) is 0. The van der Waals surface area contributed by atoms with Gasteiger partial charge in [0.05, 0.1) is 10.1 Å². The predicted molar refractivity (Wildman–Crippen MR) is 104 cm³/mol. The Hall–Kier alpha value is -3.41. The Morgan fingerprint density at radius 2 is 2.00 bits per heavy atom. The van der Waals surface area contributed by atoms with Crippen molar-refractivity contribution in [2.75, 3.05) is 11.9 Å². The van der Waals surface area contributed by atoms with E-state index in [0.29, 0.717) is 12.1 Å². The van der Waals surface area contributed by atoms with Crippen LogP contribution in [0.25, 0.3) is 0 Å². The van der Waals surface area contributed by atoms with E-state index in [-0.39, 0.29) is 11.4 Å². The van der Waals surface area contributed by atoms with Gasteiger partial charge in [0, 0.05) is 17.8 Å². The largest absolute Gasteiger partial charge is 0.490 e. The molecular formula is C18H13F4N3O5S. The van der Waals surface area contributed by atoms with E-state index in [1.165, 1.54) is 12.1 Å². The molecule has 0 bridgehead atoms. The van der Waals surface area contributed by atoms with Gasteiger partial charge < -0.3 is 15.2 Å². The number of nitro benzene ring substituents is 1. The minimum absolute atomic E-state index is 0.0661. The van der Waals surface area contributed by atoms with Crippen LogP contribution in [0.15, 0.2) is 41.4 Å². The van der Waals surface area contributed by atoms with Gasteiger partial charge in [0.2, 0.25) is 0 Å². The predicted octanol–water partition coefficient (Wildman–Crippen LogP) is 4.26. The molecule has 164 valence electrons. The molecule has 0 fully saturated rings. The number of carbonyl (C=O) groups is 1. The Bertz CT molecular complexity index is 1070. The van der Waals surface area contributed by atoms with Crippen molar-refractivity contribution in [1.29, 1.82) is 0 Å². The van der Waals surface area contributed by atoms with Gasteiger partial charge in [-0.1, -0.05) is 0 Å². The summed E-state index contributed by atoms with van der Waals surface area (Å²) >= 11 is 4.37. The first-order valence-corrected chi connectivity index (χ1v) is 8.65. The number of hydrogen-bond donors (Lipinski definition) is 2. The number of nitro groups is 1. The maximum atomic E-state index is 13.8. The van der Waals surface area contributed by atoms with Gasteiger partial charge in [-0.2, -0.15) is 18.2 Å². The van der Waals surface area contributed by atoms with Crippen molar-refractivity contribution in [1.82, 2.24) is 0 Å². The highest BCUT2D eigenvalue weighted by Crippen LogP contribution is 2.37. The van der Waals surface area contributed by atoms with Gasteiger partial charge in [-0.05, 0) is 43.4 Å². The van der Waals surface area contributed by atoms with Crippen LogP contribution in [-0.2, 0) is 11.0 Å². The van der Waals surface area contributed by atoms with Crippen LogP contribution >= 0.6 is 12.2 Å². The van der Waals surface area contributed by atoms with E-state index >= 15 is 0 Å². The lowest BCUT2D eigenvalue weighted by atomic mass is 10.1. The zero-order valence-corrected chi connectivity index (χ0v) is 16.4. The number of hydrogen-bond acceptors (Lipinski definition) is 7. The second-order valence-electron chi connectivity index (χ2n) is 6.32. The van der Waals surface area contributed by atoms with Crippen LogP contribution < -0.4 is 10.1 Å². The van der Waals surface area contributed by atoms with E-state index in [1.54, 1.807) is 0 Å². The number of aliphatic imine (C=N–C) groups is 1. The molecule has 0 heterocycles. The summed E-state index contributed by atoms with van der Waals surface area (Å²) in [6.45, 7) is 0.326. The third kappa shape index (κ3) is 6.04.